The Morgan fingerprint density at radius 2 is 2.19 bits per heavy atom. The summed E-state index contributed by atoms with van der Waals surface area (Å²) in [5.74, 6) is 0.295. The van der Waals surface area contributed by atoms with Crippen molar-refractivity contribution in [1.82, 2.24) is 20.0 Å². The van der Waals surface area contributed by atoms with Crippen molar-refractivity contribution < 1.29 is 14.3 Å². The topological polar surface area (TPSA) is 78.5 Å². The summed E-state index contributed by atoms with van der Waals surface area (Å²) >= 11 is 0. The lowest BCUT2D eigenvalue weighted by molar-refractivity contribution is -0.139. The standard InChI is InChI=1S/C19H22N4O3/c1-11(2)14-10-26-19-7-8-22(15(19)9-16(24)23(14)19)18(25)17-12-5-3-4-6-13(12)20-21-17/h3-6,11,14-15H,7-10H2,1-2H3,(H,20,21)/t14-,15+,19-/m0/s1. The molecule has 7 heteroatoms. The van der Waals surface area contributed by atoms with Crippen LogP contribution in [0, 0.1) is 5.92 Å². The number of amides is 2. The van der Waals surface area contributed by atoms with E-state index in [0.29, 0.717) is 37.6 Å². The van der Waals surface area contributed by atoms with E-state index >= 15 is 0 Å². The highest BCUT2D eigenvalue weighted by Crippen LogP contribution is 2.49. The summed E-state index contributed by atoms with van der Waals surface area (Å²) in [5.41, 5.74) is 0.612. The lowest BCUT2D eigenvalue weighted by Gasteiger charge is -2.34. The molecule has 3 fully saturated rings. The number of fused-ring (bicyclic) bond motifs is 1. The Morgan fingerprint density at radius 1 is 1.38 bits per heavy atom. The second-order valence-electron chi connectivity index (χ2n) is 7.82. The molecule has 3 saturated heterocycles. The average molecular weight is 354 g/mol. The summed E-state index contributed by atoms with van der Waals surface area (Å²) in [6, 6.07) is 7.46. The van der Waals surface area contributed by atoms with Gasteiger partial charge in [0.25, 0.3) is 5.91 Å². The second-order valence-corrected chi connectivity index (χ2v) is 7.82. The van der Waals surface area contributed by atoms with Crippen LogP contribution < -0.4 is 0 Å². The highest BCUT2D eigenvalue weighted by molar-refractivity contribution is 6.05. The van der Waals surface area contributed by atoms with Gasteiger partial charge in [-0.2, -0.15) is 5.10 Å². The Morgan fingerprint density at radius 3 is 3.00 bits per heavy atom. The number of H-pyrrole nitrogens is 1. The van der Waals surface area contributed by atoms with Crippen LogP contribution in [0.2, 0.25) is 0 Å². The predicted molar refractivity (Wildman–Crippen MR) is 94.3 cm³/mol. The molecule has 3 aliphatic heterocycles. The van der Waals surface area contributed by atoms with Crippen molar-refractivity contribution in [2.24, 2.45) is 5.92 Å². The molecule has 26 heavy (non-hydrogen) atoms. The molecule has 2 aromatic rings. The van der Waals surface area contributed by atoms with Crippen LogP contribution in [0.5, 0.6) is 0 Å². The number of hydrogen-bond donors (Lipinski definition) is 1. The van der Waals surface area contributed by atoms with Crippen molar-refractivity contribution in [2.45, 2.75) is 44.5 Å². The fraction of sp³-hybridized carbons (Fsp3) is 0.526. The molecule has 0 saturated carbocycles. The average Bonchev–Trinajstić information content (AvgIpc) is 3.34. The van der Waals surface area contributed by atoms with Crippen LogP contribution in [0.1, 0.15) is 37.2 Å². The number of benzene rings is 1. The highest BCUT2D eigenvalue weighted by Gasteiger charge is 2.65. The van der Waals surface area contributed by atoms with Crippen molar-refractivity contribution in [3.8, 4) is 0 Å². The van der Waals surface area contributed by atoms with Crippen molar-refractivity contribution >= 4 is 22.7 Å². The molecule has 5 rings (SSSR count). The number of carbonyl (C=O) groups excluding carboxylic acids is 2. The first-order chi connectivity index (χ1) is 12.5. The zero-order valence-electron chi connectivity index (χ0n) is 14.9. The van der Waals surface area contributed by atoms with E-state index in [0.717, 1.165) is 10.9 Å². The Hall–Kier alpha value is -2.41. The highest BCUT2D eigenvalue weighted by atomic mass is 16.5. The Labute approximate surface area is 151 Å². The SMILES string of the molecule is CC(C)[C@@H]1CO[C@@]23CCN(C(=O)c4n[nH]c5ccccc45)[C@@H]2CC(=O)N13. The van der Waals surface area contributed by atoms with E-state index in [1.165, 1.54) is 0 Å². The number of rotatable bonds is 2. The van der Waals surface area contributed by atoms with E-state index in [-0.39, 0.29) is 23.9 Å². The van der Waals surface area contributed by atoms with Crippen molar-refractivity contribution in [1.29, 1.82) is 0 Å². The molecular weight excluding hydrogens is 332 g/mol. The van der Waals surface area contributed by atoms with Gasteiger partial charge >= 0.3 is 0 Å². The van der Waals surface area contributed by atoms with E-state index in [1.54, 1.807) is 4.90 Å². The molecule has 1 aromatic heterocycles. The van der Waals surface area contributed by atoms with Crippen LogP contribution in [0.4, 0.5) is 0 Å². The molecule has 1 aromatic carbocycles. The van der Waals surface area contributed by atoms with Crippen LogP contribution >= 0.6 is 0 Å². The number of hydrogen-bond acceptors (Lipinski definition) is 4. The molecule has 0 bridgehead atoms. The second kappa shape index (κ2) is 5.30. The van der Waals surface area contributed by atoms with Gasteiger partial charge < -0.3 is 14.5 Å². The molecular formula is C19H22N4O3. The summed E-state index contributed by atoms with van der Waals surface area (Å²) in [6.45, 7) is 5.36. The van der Waals surface area contributed by atoms with Gasteiger partial charge in [-0.05, 0) is 12.0 Å². The normalized spacial score (nSPS) is 30.5. The summed E-state index contributed by atoms with van der Waals surface area (Å²) in [6.07, 6.45) is 0.998. The van der Waals surface area contributed by atoms with Crippen molar-refractivity contribution in [2.75, 3.05) is 13.2 Å². The van der Waals surface area contributed by atoms with Gasteiger partial charge in [0.15, 0.2) is 11.4 Å². The van der Waals surface area contributed by atoms with Gasteiger partial charge in [-0.25, -0.2) is 0 Å². The minimum absolute atomic E-state index is 0.0914. The van der Waals surface area contributed by atoms with E-state index in [1.807, 2.05) is 29.2 Å². The monoisotopic (exact) mass is 354 g/mol. The minimum atomic E-state index is -0.645. The molecule has 3 atom stereocenters. The van der Waals surface area contributed by atoms with Gasteiger partial charge in [-0.3, -0.25) is 14.7 Å². The first kappa shape index (κ1) is 15.8. The molecule has 7 nitrogen and oxygen atoms in total. The Kier molecular flexibility index (Phi) is 3.22. The van der Waals surface area contributed by atoms with Crippen LogP contribution in [-0.4, -0.2) is 62.8 Å². The largest absolute Gasteiger partial charge is 0.351 e. The van der Waals surface area contributed by atoms with Gasteiger partial charge in [0.2, 0.25) is 5.91 Å². The molecule has 136 valence electrons. The lowest BCUT2D eigenvalue weighted by atomic mass is 10.0. The number of carbonyl (C=O) groups is 2. The smallest absolute Gasteiger partial charge is 0.275 e. The van der Waals surface area contributed by atoms with E-state index < -0.39 is 5.72 Å². The Bertz CT molecular complexity index is 907. The van der Waals surface area contributed by atoms with Crippen molar-refractivity contribution in [3.05, 3.63) is 30.0 Å². The maximum Gasteiger partial charge on any atom is 0.275 e. The molecule has 1 N–H and O–H groups in total. The maximum atomic E-state index is 13.2. The molecule has 3 aliphatic rings. The number of aromatic nitrogens is 2. The van der Waals surface area contributed by atoms with Crippen LogP contribution in [0.3, 0.4) is 0 Å². The first-order valence-corrected chi connectivity index (χ1v) is 9.23. The van der Waals surface area contributed by atoms with E-state index in [9.17, 15) is 9.59 Å². The summed E-state index contributed by atoms with van der Waals surface area (Å²) in [4.78, 5) is 29.7. The fourth-order valence-electron chi connectivity index (χ4n) is 4.88. The molecule has 2 amide bonds. The predicted octanol–water partition coefficient (Wildman–Crippen LogP) is 1.76. The third-order valence-electron chi connectivity index (χ3n) is 6.19. The number of nitrogens with one attached hydrogen (secondary N) is 1. The van der Waals surface area contributed by atoms with Gasteiger partial charge in [0, 0.05) is 18.4 Å². The van der Waals surface area contributed by atoms with Crippen molar-refractivity contribution in [3.63, 3.8) is 0 Å². The van der Waals surface area contributed by atoms with Crippen LogP contribution in [0.25, 0.3) is 10.9 Å². The summed E-state index contributed by atoms with van der Waals surface area (Å²) < 4.78 is 6.20. The maximum absolute atomic E-state index is 13.2. The Balaban J connectivity index is 1.50. The van der Waals surface area contributed by atoms with Crippen LogP contribution in [0.15, 0.2) is 24.3 Å². The number of nitrogens with zero attached hydrogens (tertiary/aromatic N) is 3. The molecule has 4 heterocycles. The number of para-hydroxylation sites is 1. The number of likely N-dealkylation sites (tertiary alicyclic amines) is 1. The third kappa shape index (κ3) is 1.89. The lowest BCUT2D eigenvalue weighted by Crippen LogP contribution is -2.51. The molecule has 1 spiro atoms. The van der Waals surface area contributed by atoms with Crippen LogP contribution in [-0.2, 0) is 9.53 Å². The molecule has 0 radical (unpaired) electrons. The third-order valence-corrected chi connectivity index (χ3v) is 6.19. The quantitative estimate of drug-likeness (QED) is 0.891. The molecule has 0 aliphatic carbocycles. The van der Waals surface area contributed by atoms with Gasteiger partial charge in [0.1, 0.15) is 0 Å². The first-order valence-electron chi connectivity index (χ1n) is 9.23. The summed E-state index contributed by atoms with van der Waals surface area (Å²) in [7, 11) is 0. The zero-order chi connectivity index (χ0) is 18.1. The minimum Gasteiger partial charge on any atom is -0.351 e. The fourth-order valence-corrected chi connectivity index (χ4v) is 4.88. The van der Waals surface area contributed by atoms with Gasteiger partial charge in [-0.1, -0.05) is 32.0 Å². The number of ether oxygens (including phenoxy) is 1. The molecule has 0 unspecified atom stereocenters. The number of aromatic amines is 1. The summed E-state index contributed by atoms with van der Waals surface area (Å²) in [5, 5.41) is 7.98. The van der Waals surface area contributed by atoms with E-state index in [2.05, 4.69) is 24.0 Å². The zero-order valence-corrected chi connectivity index (χ0v) is 14.9. The van der Waals surface area contributed by atoms with E-state index in [4.69, 9.17) is 4.74 Å². The van der Waals surface area contributed by atoms with Gasteiger partial charge in [0.05, 0.1) is 30.6 Å². The van der Waals surface area contributed by atoms with Gasteiger partial charge in [-0.15, -0.1) is 0 Å².